The van der Waals surface area contributed by atoms with E-state index in [-0.39, 0.29) is 6.04 Å². The highest BCUT2D eigenvalue weighted by molar-refractivity contribution is 7.78. The van der Waals surface area contributed by atoms with Crippen LogP contribution in [0.2, 0.25) is 0 Å². The summed E-state index contributed by atoms with van der Waals surface area (Å²) in [5, 5.41) is 7.28. The summed E-state index contributed by atoms with van der Waals surface area (Å²) in [4.78, 5) is 8.10. The van der Waals surface area contributed by atoms with Gasteiger partial charge in [0.2, 0.25) is 0 Å². The van der Waals surface area contributed by atoms with Crippen LogP contribution in [-0.2, 0) is 11.1 Å². The van der Waals surface area contributed by atoms with Crippen molar-refractivity contribution in [3.63, 3.8) is 0 Å². The third-order valence-corrected chi connectivity index (χ3v) is 4.71. The molecule has 2 N–H and O–H groups in total. The highest BCUT2D eigenvalue weighted by Gasteiger charge is 2.24. The molecule has 164 valence electrons. The molecule has 1 fully saturated rings. The fraction of sp³-hybridized carbons (Fsp3) is 0.400. The smallest absolute Gasteiger partial charge is 0.149 e. The van der Waals surface area contributed by atoms with Crippen LogP contribution in [0.3, 0.4) is 0 Å². The highest BCUT2D eigenvalue weighted by Crippen LogP contribution is 2.29. The summed E-state index contributed by atoms with van der Waals surface area (Å²) in [7, 11) is 2.31. The minimum Gasteiger partial charge on any atom is -0.773 e. The first-order valence-corrected chi connectivity index (χ1v) is 11.6. The maximum atomic E-state index is 14.8. The molecular formula is C20H26F2N4O2PS-. The van der Waals surface area contributed by atoms with Crippen molar-refractivity contribution in [1.29, 1.82) is 0 Å². The molecule has 6 nitrogen and oxygen atoms in total. The molecule has 0 bridgehead atoms. The molecule has 2 heterocycles. The topological polar surface area (TPSA) is 89.4 Å². The Bertz CT molecular complexity index is 932. The van der Waals surface area contributed by atoms with Gasteiger partial charge in [-0.2, -0.15) is 0 Å². The van der Waals surface area contributed by atoms with Crippen LogP contribution < -0.4 is 10.6 Å². The lowest BCUT2D eigenvalue weighted by atomic mass is 9.99. The Balaban J connectivity index is 0.000000735. The van der Waals surface area contributed by atoms with Crippen LogP contribution in [0, 0.1) is 12.7 Å². The molecule has 1 saturated heterocycles. The number of rotatable bonds is 5. The predicted molar refractivity (Wildman–Crippen MR) is 120 cm³/mol. The van der Waals surface area contributed by atoms with Crippen molar-refractivity contribution in [3.05, 3.63) is 53.4 Å². The number of piperidine rings is 1. The van der Waals surface area contributed by atoms with Gasteiger partial charge in [0.05, 0.1) is 12.2 Å². The zero-order valence-corrected chi connectivity index (χ0v) is 18.9. The molecular weight excluding hydrogens is 429 g/mol. The van der Waals surface area contributed by atoms with E-state index in [9.17, 15) is 8.78 Å². The average molecular weight is 455 g/mol. The zero-order chi connectivity index (χ0) is 22.1. The predicted octanol–water partition coefficient (Wildman–Crippen LogP) is 3.27. The van der Waals surface area contributed by atoms with Gasteiger partial charge in [-0.1, -0.05) is 26.4 Å². The second-order valence-electron chi connectivity index (χ2n) is 6.86. The summed E-state index contributed by atoms with van der Waals surface area (Å²) in [6.45, 7) is 3.58. The van der Waals surface area contributed by atoms with Crippen LogP contribution in [0.5, 0.6) is 0 Å². The summed E-state index contributed by atoms with van der Waals surface area (Å²) in [5.41, 5.74) is 1.59. The fourth-order valence-electron chi connectivity index (χ4n) is 3.23. The summed E-state index contributed by atoms with van der Waals surface area (Å²) < 4.78 is 47.4. The lowest BCUT2D eigenvalue weighted by molar-refractivity contribution is 0.344. The van der Waals surface area contributed by atoms with Crippen LogP contribution in [0.25, 0.3) is 10.9 Å². The SMILES string of the molecule is CS(=O)[O-].Cc1ccc2cc(C(NC3CCNCC3)/C(F)=C\N=CP)cc(F)c2n1. The number of aliphatic imine (C=N–C) groups is 1. The van der Waals surface area contributed by atoms with Crippen molar-refractivity contribution >= 4 is 37.2 Å². The number of pyridine rings is 1. The first-order valence-electron chi connectivity index (χ1n) is 9.45. The number of benzene rings is 1. The average Bonchev–Trinajstić information content (AvgIpc) is 2.71. The van der Waals surface area contributed by atoms with E-state index in [1.54, 1.807) is 6.07 Å². The molecule has 0 saturated carbocycles. The van der Waals surface area contributed by atoms with E-state index in [2.05, 4.69) is 29.8 Å². The Kier molecular flexibility index (Phi) is 10.1. The van der Waals surface area contributed by atoms with Gasteiger partial charge in [-0.05, 0) is 62.9 Å². The Morgan fingerprint density at radius 2 is 2.10 bits per heavy atom. The minimum absolute atomic E-state index is 0.162. The number of halogens is 2. The van der Waals surface area contributed by atoms with E-state index in [0.717, 1.165) is 37.9 Å². The minimum atomic E-state index is -1.86. The first kappa shape index (κ1) is 24.6. The lowest BCUT2D eigenvalue weighted by Gasteiger charge is -2.28. The van der Waals surface area contributed by atoms with Gasteiger partial charge in [0, 0.05) is 23.1 Å². The van der Waals surface area contributed by atoms with Gasteiger partial charge in [-0.25, -0.2) is 8.78 Å². The van der Waals surface area contributed by atoms with Crippen molar-refractivity contribution in [1.82, 2.24) is 15.6 Å². The summed E-state index contributed by atoms with van der Waals surface area (Å²) in [6, 6.07) is 6.22. The lowest BCUT2D eigenvalue weighted by Crippen LogP contribution is -2.41. The monoisotopic (exact) mass is 455 g/mol. The van der Waals surface area contributed by atoms with Gasteiger partial charge < -0.3 is 15.2 Å². The normalized spacial score (nSPS) is 17.6. The Morgan fingerprint density at radius 3 is 2.73 bits per heavy atom. The summed E-state index contributed by atoms with van der Waals surface area (Å²) in [5.74, 6) is 0.552. The zero-order valence-electron chi connectivity index (χ0n) is 16.9. The third kappa shape index (κ3) is 7.56. The molecule has 3 unspecified atom stereocenters. The molecule has 3 atom stereocenters. The van der Waals surface area contributed by atoms with Crippen molar-refractivity contribution in [2.24, 2.45) is 4.99 Å². The molecule has 1 aromatic heterocycles. The molecule has 1 aromatic carbocycles. The Morgan fingerprint density at radius 1 is 1.43 bits per heavy atom. The number of nitrogens with one attached hydrogen (secondary N) is 2. The van der Waals surface area contributed by atoms with Gasteiger partial charge in [0.1, 0.15) is 17.2 Å². The van der Waals surface area contributed by atoms with E-state index < -0.39 is 28.8 Å². The maximum Gasteiger partial charge on any atom is 0.149 e. The molecule has 0 spiro atoms. The largest absolute Gasteiger partial charge is 0.773 e. The summed E-state index contributed by atoms with van der Waals surface area (Å²) >= 11 is -1.86. The van der Waals surface area contributed by atoms with Crippen molar-refractivity contribution < 1.29 is 17.5 Å². The molecule has 3 rings (SSSR count). The molecule has 2 aromatic rings. The number of hydrogen-bond donors (Lipinski definition) is 2. The molecule has 0 radical (unpaired) electrons. The van der Waals surface area contributed by atoms with Gasteiger partial charge in [-0.3, -0.25) is 14.2 Å². The highest BCUT2D eigenvalue weighted by atomic mass is 32.2. The number of aromatic nitrogens is 1. The molecule has 30 heavy (non-hydrogen) atoms. The first-order chi connectivity index (χ1) is 14.3. The summed E-state index contributed by atoms with van der Waals surface area (Å²) in [6.07, 6.45) is 4.04. The van der Waals surface area contributed by atoms with Crippen LogP contribution in [0.15, 0.2) is 41.3 Å². The van der Waals surface area contributed by atoms with Crippen molar-refractivity contribution in [2.45, 2.75) is 31.8 Å². The Labute approximate surface area is 180 Å². The van der Waals surface area contributed by atoms with E-state index in [1.165, 1.54) is 18.2 Å². The van der Waals surface area contributed by atoms with Crippen molar-refractivity contribution in [3.8, 4) is 0 Å². The third-order valence-electron chi connectivity index (χ3n) is 4.54. The van der Waals surface area contributed by atoms with Crippen molar-refractivity contribution in [2.75, 3.05) is 19.3 Å². The van der Waals surface area contributed by atoms with E-state index >= 15 is 0 Å². The van der Waals surface area contributed by atoms with Crippen LogP contribution in [-0.4, -0.2) is 45.1 Å². The second kappa shape index (κ2) is 12.3. The molecule has 1 aliphatic heterocycles. The molecule has 10 heteroatoms. The van der Waals surface area contributed by atoms with E-state index in [1.807, 2.05) is 19.1 Å². The van der Waals surface area contributed by atoms with Gasteiger partial charge in [0.15, 0.2) is 0 Å². The van der Waals surface area contributed by atoms with Gasteiger partial charge in [-0.15, -0.1) is 0 Å². The number of nitrogens with zero attached hydrogens (tertiary/aromatic N) is 2. The van der Waals surface area contributed by atoms with Crippen LogP contribution in [0.1, 0.15) is 30.1 Å². The molecule has 0 aliphatic carbocycles. The van der Waals surface area contributed by atoms with Gasteiger partial charge >= 0.3 is 0 Å². The second-order valence-corrected chi connectivity index (χ2v) is 7.97. The van der Waals surface area contributed by atoms with E-state index in [4.69, 9.17) is 8.76 Å². The quantitative estimate of drug-likeness (QED) is 0.410. The fourth-order valence-corrected chi connectivity index (χ4v) is 3.31. The Hall–Kier alpha value is -1.64. The molecule has 0 amide bonds. The van der Waals surface area contributed by atoms with Crippen LogP contribution in [0.4, 0.5) is 8.78 Å². The standard InChI is InChI=1S/C19H23F2N4P.CH4O2S/c1-12-2-3-13-8-14(9-16(20)18(13)24-12)19(17(21)10-23-11-26)25-15-4-6-22-7-5-15;1-4(2)3/h2-3,8-11,15,19,22,25H,4-7,26H2,1H3;1H3,(H,2,3)/p-1/b17-10+,23-11?;. The maximum absolute atomic E-state index is 14.8. The van der Waals surface area contributed by atoms with E-state index in [0.29, 0.717) is 16.5 Å². The van der Waals surface area contributed by atoms with Crippen LogP contribution >= 0.6 is 9.24 Å². The number of aryl methyl sites for hydroxylation is 1. The molecule has 1 aliphatic rings. The van der Waals surface area contributed by atoms with Gasteiger partial charge in [0.25, 0.3) is 0 Å². The number of fused-ring (bicyclic) bond motifs is 1. The number of hydrogen-bond acceptors (Lipinski definition) is 6.